The predicted molar refractivity (Wildman–Crippen MR) is 118 cm³/mol. The summed E-state index contributed by atoms with van der Waals surface area (Å²) in [5, 5.41) is 3.00. The average molecular weight is 396 g/mol. The first-order chi connectivity index (χ1) is 14.1. The van der Waals surface area contributed by atoms with E-state index in [0.717, 1.165) is 38.2 Å². The van der Waals surface area contributed by atoms with Gasteiger partial charge in [0, 0.05) is 25.6 Å². The summed E-state index contributed by atoms with van der Waals surface area (Å²) < 4.78 is 5.33. The minimum Gasteiger partial charge on any atom is -0.495 e. The summed E-state index contributed by atoms with van der Waals surface area (Å²) in [5.41, 5.74) is 2.09. The number of nitrogens with zero attached hydrogens (tertiary/aromatic N) is 2. The van der Waals surface area contributed by atoms with Gasteiger partial charge in [0.05, 0.1) is 12.8 Å². The third-order valence-corrected chi connectivity index (χ3v) is 5.81. The molecule has 1 aliphatic heterocycles. The fraction of sp³-hybridized carbons (Fsp3) is 0.458. The predicted octanol–water partition coefficient (Wildman–Crippen LogP) is 3.87. The molecule has 1 N–H and O–H groups in total. The Labute approximate surface area is 174 Å². The van der Waals surface area contributed by atoms with Crippen LogP contribution in [0.3, 0.4) is 0 Å². The second-order valence-electron chi connectivity index (χ2n) is 8.09. The molecule has 0 aliphatic carbocycles. The highest BCUT2D eigenvalue weighted by molar-refractivity contribution is 5.92. The summed E-state index contributed by atoms with van der Waals surface area (Å²) in [5.74, 6) is 1.22. The summed E-state index contributed by atoms with van der Waals surface area (Å²) in [6, 6.07) is 18.7. The molecule has 0 radical (unpaired) electrons. The normalized spacial score (nSPS) is 19.9. The minimum atomic E-state index is 0.0483. The summed E-state index contributed by atoms with van der Waals surface area (Å²) in [6.07, 6.45) is 2.54. The molecule has 5 nitrogen and oxygen atoms in total. The van der Waals surface area contributed by atoms with Gasteiger partial charge in [-0.1, -0.05) is 42.5 Å². The molecule has 0 unspecified atom stereocenters. The first-order valence-corrected chi connectivity index (χ1v) is 10.4. The van der Waals surface area contributed by atoms with Crippen molar-refractivity contribution < 1.29 is 9.53 Å². The van der Waals surface area contributed by atoms with Crippen LogP contribution in [-0.4, -0.2) is 56.0 Å². The molecule has 5 heteroatoms. The topological polar surface area (TPSA) is 44.8 Å². The van der Waals surface area contributed by atoms with E-state index in [0.29, 0.717) is 24.1 Å². The highest BCUT2D eigenvalue weighted by Crippen LogP contribution is 2.27. The lowest BCUT2D eigenvalue weighted by atomic mass is 9.87. The molecular formula is C24H33N3O2. The van der Waals surface area contributed by atoms with Gasteiger partial charge in [0.1, 0.15) is 5.75 Å². The number of amides is 1. The molecule has 3 rings (SSSR count). The Bertz CT molecular complexity index is 779. The Morgan fingerprint density at radius 3 is 2.59 bits per heavy atom. The van der Waals surface area contributed by atoms with Crippen molar-refractivity contribution in [1.82, 2.24) is 9.80 Å². The number of carbonyl (C=O) groups excluding carboxylic acids is 1. The van der Waals surface area contributed by atoms with Gasteiger partial charge in [-0.15, -0.1) is 0 Å². The molecule has 0 spiro atoms. The summed E-state index contributed by atoms with van der Waals surface area (Å²) in [7, 11) is 5.93. The van der Waals surface area contributed by atoms with Gasteiger partial charge in [-0.3, -0.25) is 9.69 Å². The van der Waals surface area contributed by atoms with E-state index in [1.54, 1.807) is 7.11 Å². The quantitative estimate of drug-likeness (QED) is 0.737. The minimum absolute atomic E-state index is 0.0483. The maximum atomic E-state index is 12.6. The number of piperidine rings is 1. The average Bonchev–Trinajstić information content (AvgIpc) is 2.73. The van der Waals surface area contributed by atoms with Crippen LogP contribution in [0.2, 0.25) is 0 Å². The number of hydrogen-bond donors (Lipinski definition) is 1. The first-order valence-electron chi connectivity index (χ1n) is 10.4. The third-order valence-electron chi connectivity index (χ3n) is 5.81. The largest absolute Gasteiger partial charge is 0.495 e. The molecule has 29 heavy (non-hydrogen) atoms. The molecule has 2 atom stereocenters. The van der Waals surface area contributed by atoms with Crippen molar-refractivity contribution >= 4 is 11.6 Å². The van der Waals surface area contributed by atoms with Crippen LogP contribution >= 0.6 is 0 Å². The maximum Gasteiger partial charge on any atom is 0.224 e. The number of carbonyl (C=O) groups is 1. The number of para-hydroxylation sites is 2. The van der Waals surface area contributed by atoms with E-state index in [1.807, 2.05) is 24.3 Å². The summed E-state index contributed by atoms with van der Waals surface area (Å²) in [4.78, 5) is 17.4. The molecule has 1 fully saturated rings. The number of likely N-dealkylation sites (tertiary alicyclic amines) is 1. The van der Waals surface area contributed by atoms with Crippen LogP contribution in [0.15, 0.2) is 54.6 Å². The van der Waals surface area contributed by atoms with Gasteiger partial charge in [-0.25, -0.2) is 0 Å². The van der Waals surface area contributed by atoms with Crippen molar-refractivity contribution in [1.29, 1.82) is 0 Å². The number of nitrogens with one attached hydrogen (secondary N) is 1. The zero-order valence-electron chi connectivity index (χ0n) is 17.8. The van der Waals surface area contributed by atoms with Crippen LogP contribution in [0.25, 0.3) is 0 Å². The zero-order valence-corrected chi connectivity index (χ0v) is 17.8. The molecule has 1 heterocycles. The van der Waals surface area contributed by atoms with E-state index in [2.05, 4.69) is 59.5 Å². The van der Waals surface area contributed by atoms with Gasteiger partial charge >= 0.3 is 0 Å². The van der Waals surface area contributed by atoms with E-state index in [4.69, 9.17) is 4.74 Å². The second kappa shape index (κ2) is 10.4. The number of rotatable bonds is 8. The highest BCUT2D eigenvalue weighted by Gasteiger charge is 2.30. The molecule has 1 saturated heterocycles. The summed E-state index contributed by atoms with van der Waals surface area (Å²) >= 11 is 0. The Balaban J connectivity index is 1.57. The number of benzene rings is 2. The van der Waals surface area contributed by atoms with E-state index in [-0.39, 0.29) is 5.91 Å². The fourth-order valence-corrected chi connectivity index (χ4v) is 4.32. The number of hydrogen-bond acceptors (Lipinski definition) is 4. The Morgan fingerprint density at radius 1 is 1.14 bits per heavy atom. The first kappa shape index (κ1) is 21.3. The lowest BCUT2D eigenvalue weighted by Gasteiger charge is -2.41. The third kappa shape index (κ3) is 6.05. The molecule has 1 aliphatic rings. The zero-order chi connectivity index (χ0) is 20.6. The van der Waals surface area contributed by atoms with E-state index in [9.17, 15) is 4.79 Å². The molecule has 156 valence electrons. The molecule has 0 saturated carbocycles. The molecule has 0 aromatic heterocycles. The lowest BCUT2D eigenvalue weighted by Crippen LogP contribution is -2.48. The molecule has 2 aromatic carbocycles. The molecular weight excluding hydrogens is 362 g/mol. The van der Waals surface area contributed by atoms with Crippen LogP contribution in [-0.2, 0) is 11.3 Å². The maximum absolute atomic E-state index is 12.6. The summed E-state index contributed by atoms with van der Waals surface area (Å²) in [6.45, 7) is 3.10. The Kier molecular flexibility index (Phi) is 7.67. The Morgan fingerprint density at radius 2 is 1.86 bits per heavy atom. The van der Waals surface area contributed by atoms with Gasteiger partial charge in [0.15, 0.2) is 0 Å². The number of ether oxygens (including phenoxy) is 1. The molecule has 1 amide bonds. The van der Waals surface area contributed by atoms with Crippen LogP contribution in [0.1, 0.15) is 24.8 Å². The number of anilines is 1. The standard InChI is InChI=1S/C24H33N3O2/c1-26(2)22-15-16-27(17-19-9-5-4-6-10-19)18-20(22)13-14-24(28)25-21-11-7-8-12-23(21)29-3/h4-12,20,22H,13-18H2,1-3H3,(H,25,28)/t20-,22+/m0/s1. The van der Waals surface area contributed by atoms with Crippen molar-refractivity contribution in [2.24, 2.45) is 5.92 Å². The molecule has 2 aromatic rings. The van der Waals surface area contributed by atoms with Gasteiger partial charge in [0.25, 0.3) is 0 Å². The number of methoxy groups -OCH3 is 1. The van der Waals surface area contributed by atoms with Gasteiger partial charge in [-0.05, 0) is 57.1 Å². The van der Waals surface area contributed by atoms with E-state index in [1.165, 1.54) is 5.56 Å². The highest BCUT2D eigenvalue weighted by atomic mass is 16.5. The molecule has 0 bridgehead atoms. The van der Waals surface area contributed by atoms with E-state index >= 15 is 0 Å². The van der Waals surface area contributed by atoms with Gasteiger partial charge in [-0.2, -0.15) is 0 Å². The SMILES string of the molecule is COc1ccccc1NC(=O)CC[C@H]1CN(Cc2ccccc2)CC[C@H]1N(C)C. The van der Waals surface area contributed by atoms with Crippen LogP contribution in [0.5, 0.6) is 5.75 Å². The lowest BCUT2D eigenvalue weighted by molar-refractivity contribution is -0.116. The van der Waals surface area contributed by atoms with Gasteiger partial charge in [0.2, 0.25) is 5.91 Å². The van der Waals surface area contributed by atoms with Crippen molar-refractivity contribution in [3.8, 4) is 5.75 Å². The van der Waals surface area contributed by atoms with Crippen molar-refractivity contribution in [3.05, 3.63) is 60.2 Å². The fourth-order valence-electron chi connectivity index (χ4n) is 4.32. The second-order valence-corrected chi connectivity index (χ2v) is 8.09. The van der Waals surface area contributed by atoms with Gasteiger partial charge < -0.3 is 15.0 Å². The van der Waals surface area contributed by atoms with E-state index < -0.39 is 0 Å². The van der Waals surface area contributed by atoms with Crippen molar-refractivity contribution in [2.75, 3.05) is 39.6 Å². The van der Waals surface area contributed by atoms with Crippen LogP contribution in [0, 0.1) is 5.92 Å². The monoisotopic (exact) mass is 395 g/mol. The van der Waals surface area contributed by atoms with Crippen LogP contribution in [0.4, 0.5) is 5.69 Å². The Hall–Kier alpha value is -2.37. The van der Waals surface area contributed by atoms with Crippen molar-refractivity contribution in [2.45, 2.75) is 31.8 Å². The smallest absolute Gasteiger partial charge is 0.224 e. The van der Waals surface area contributed by atoms with Crippen molar-refractivity contribution in [3.63, 3.8) is 0 Å². The van der Waals surface area contributed by atoms with Crippen LogP contribution < -0.4 is 10.1 Å².